The lowest BCUT2D eigenvalue weighted by molar-refractivity contribution is -0.0180. The van der Waals surface area contributed by atoms with E-state index in [2.05, 4.69) is 5.32 Å². The van der Waals surface area contributed by atoms with Gasteiger partial charge in [0.1, 0.15) is 12.4 Å². The number of aliphatic hydroxyl groups is 1. The summed E-state index contributed by atoms with van der Waals surface area (Å²) in [6, 6.07) is 7.44. The maximum atomic E-state index is 12.9. The lowest BCUT2D eigenvalue weighted by Gasteiger charge is -2.21. The first-order valence-electron chi connectivity index (χ1n) is 9.34. The van der Waals surface area contributed by atoms with Gasteiger partial charge in [-0.1, -0.05) is 11.6 Å². The third kappa shape index (κ3) is 5.28. The van der Waals surface area contributed by atoms with E-state index in [1.165, 1.54) is 32.3 Å². The summed E-state index contributed by atoms with van der Waals surface area (Å²) in [5.41, 5.74) is 1.68. The normalized spacial score (nSPS) is 13.5. The zero-order chi connectivity index (χ0) is 22.6. The smallest absolute Gasteiger partial charge is 0.340 e. The van der Waals surface area contributed by atoms with Crippen LogP contribution in [0.1, 0.15) is 21.5 Å². The molecular weight excluding hydrogens is 448 g/mol. The van der Waals surface area contributed by atoms with Crippen molar-refractivity contribution < 1.29 is 32.5 Å². The molecule has 0 saturated heterocycles. The van der Waals surface area contributed by atoms with E-state index < -0.39 is 16.0 Å². The second-order valence-electron chi connectivity index (χ2n) is 6.89. The Balaban J connectivity index is 1.89. The molecule has 168 valence electrons. The number of ether oxygens (including phenoxy) is 3. The van der Waals surface area contributed by atoms with Gasteiger partial charge in [0.2, 0.25) is 10.0 Å². The van der Waals surface area contributed by atoms with Crippen molar-refractivity contribution in [3.8, 4) is 5.75 Å². The molecule has 2 N–H and O–H groups in total. The van der Waals surface area contributed by atoms with Crippen LogP contribution in [0.15, 0.2) is 35.2 Å². The summed E-state index contributed by atoms with van der Waals surface area (Å²) < 4.78 is 42.2. The molecule has 9 nitrogen and oxygen atoms in total. The fraction of sp³-hybridized carbons (Fsp3) is 0.350. The number of esters is 1. The first kappa shape index (κ1) is 23.3. The van der Waals surface area contributed by atoms with Crippen molar-refractivity contribution in [1.29, 1.82) is 0 Å². The fourth-order valence-corrected chi connectivity index (χ4v) is 4.19. The Morgan fingerprint density at radius 1 is 1.29 bits per heavy atom. The SMILES string of the molecule is CN(C)S(=O)(=O)c1ccc(NCCO)c(C(=O)OCc2cc(Cl)cc3c2OCOC3)c1. The monoisotopic (exact) mass is 470 g/mol. The van der Waals surface area contributed by atoms with Crippen molar-refractivity contribution in [3.05, 3.63) is 52.0 Å². The van der Waals surface area contributed by atoms with Crippen LogP contribution in [0.3, 0.4) is 0 Å². The van der Waals surface area contributed by atoms with E-state index in [-0.39, 0.29) is 37.0 Å². The molecule has 0 aromatic heterocycles. The second-order valence-corrected chi connectivity index (χ2v) is 9.47. The van der Waals surface area contributed by atoms with Crippen LogP contribution in [0.25, 0.3) is 0 Å². The standard InChI is InChI=1S/C20H23ClN2O7S/c1-23(2)31(26,27)16-3-4-18(22-5-6-24)17(9-16)20(25)29-11-14-8-15(21)7-13-10-28-12-30-19(13)14/h3-4,7-9,22,24H,5-6,10-12H2,1-2H3. The highest BCUT2D eigenvalue weighted by molar-refractivity contribution is 7.89. The molecule has 31 heavy (non-hydrogen) atoms. The van der Waals surface area contributed by atoms with Crippen LogP contribution >= 0.6 is 11.6 Å². The number of nitrogens with one attached hydrogen (secondary N) is 1. The Labute approximate surface area is 185 Å². The van der Waals surface area contributed by atoms with E-state index in [1.54, 1.807) is 12.1 Å². The van der Waals surface area contributed by atoms with Gasteiger partial charge in [0.05, 0.1) is 23.7 Å². The third-order valence-corrected chi connectivity index (χ3v) is 6.56. The van der Waals surface area contributed by atoms with Crippen molar-refractivity contribution in [1.82, 2.24) is 4.31 Å². The van der Waals surface area contributed by atoms with E-state index >= 15 is 0 Å². The molecule has 1 aliphatic heterocycles. The van der Waals surface area contributed by atoms with Gasteiger partial charge in [-0.15, -0.1) is 0 Å². The van der Waals surface area contributed by atoms with Gasteiger partial charge in [-0.2, -0.15) is 0 Å². The molecule has 0 atom stereocenters. The summed E-state index contributed by atoms with van der Waals surface area (Å²) in [5, 5.41) is 12.4. The summed E-state index contributed by atoms with van der Waals surface area (Å²) in [6.07, 6.45) is 0. The molecule has 0 bridgehead atoms. The Morgan fingerprint density at radius 2 is 2.06 bits per heavy atom. The number of halogens is 1. The van der Waals surface area contributed by atoms with E-state index in [4.69, 9.17) is 30.9 Å². The van der Waals surface area contributed by atoms with Gasteiger partial charge in [-0.25, -0.2) is 17.5 Å². The molecule has 1 aliphatic rings. The molecule has 2 aromatic rings. The van der Waals surface area contributed by atoms with Gasteiger partial charge in [0.25, 0.3) is 0 Å². The van der Waals surface area contributed by atoms with E-state index in [0.29, 0.717) is 28.6 Å². The third-order valence-electron chi connectivity index (χ3n) is 4.53. The molecular formula is C20H23ClN2O7S. The lowest BCUT2D eigenvalue weighted by Crippen LogP contribution is -2.23. The molecule has 3 rings (SSSR count). The minimum Gasteiger partial charge on any atom is -0.467 e. The zero-order valence-electron chi connectivity index (χ0n) is 17.1. The van der Waals surface area contributed by atoms with Gasteiger partial charge >= 0.3 is 5.97 Å². The minimum absolute atomic E-state index is 0.0246. The molecule has 1 heterocycles. The highest BCUT2D eigenvalue weighted by Gasteiger charge is 2.23. The van der Waals surface area contributed by atoms with Crippen molar-refractivity contribution in [3.63, 3.8) is 0 Å². The molecule has 2 aromatic carbocycles. The molecule has 0 amide bonds. The Hall–Kier alpha value is -2.37. The molecule has 11 heteroatoms. The summed E-state index contributed by atoms with van der Waals surface area (Å²) >= 11 is 6.14. The van der Waals surface area contributed by atoms with Crippen LogP contribution in [-0.4, -0.2) is 57.8 Å². The number of carbonyl (C=O) groups excluding carboxylic acids is 1. The lowest BCUT2D eigenvalue weighted by atomic mass is 10.1. The van der Waals surface area contributed by atoms with Crippen LogP contribution in [0, 0.1) is 0 Å². The Bertz CT molecular complexity index is 1070. The number of anilines is 1. The number of carbonyl (C=O) groups is 1. The van der Waals surface area contributed by atoms with Crippen molar-refractivity contribution in [2.24, 2.45) is 0 Å². The predicted molar refractivity (Wildman–Crippen MR) is 114 cm³/mol. The van der Waals surface area contributed by atoms with Gasteiger partial charge in [-0.05, 0) is 30.3 Å². The van der Waals surface area contributed by atoms with Crippen LogP contribution in [0.4, 0.5) is 5.69 Å². The Morgan fingerprint density at radius 3 is 2.77 bits per heavy atom. The number of hydrogen-bond acceptors (Lipinski definition) is 8. The maximum Gasteiger partial charge on any atom is 0.340 e. The van der Waals surface area contributed by atoms with Gasteiger partial charge < -0.3 is 24.6 Å². The predicted octanol–water partition coefficient (Wildman–Crippen LogP) is 2.22. The summed E-state index contributed by atoms with van der Waals surface area (Å²) in [7, 11) is -0.958. The molecule has 0 fully saturated rings. The van der Waals surface area contributed by atoms with E-state index in [1.807, 2.05) is 0 Å². The van der Waals surface area contributed by atoms with Crippen molar-refractivity contribution in [2.45, 2.75) is 18.1 Å². The highest BCUT2D eigenvalue weighted by atomic mass is 35.5. The van der Waals surface area contributed by atoms with Crippen LogP contribution in [0.2, 0.25) is 5.02 Å². The summed E-state index contributed by atoms with van der Waals surface area (Å²) in [5.74, 6) is -0.192. The summed E-state index contributed by atoms with van der Waals surface area (Å²) in [6.45, 7) is 0.285. The second kappa shape index (κ2) is 9.84. The average Bonchev–Trinajstić information content (AvgIpc) is 2.75. The van der Waals surface area contributed by atoms with E-state index in [9.17, 15) is 13.2 Å². The van der Waals surface area contributed by atoms with Crippen LogP contribution in [0.5, 0.6) is 5.75 Å². The first-order chi connectivity index (χ1) is 14.7. The highest BCUT2D eigenvalue weighted by Crippen LogP contribution is 2.32. The zero-order valence-corrected chi connectivity index (χ0v) is 18.6. The van der Waals surface area contributed by atoms with Gasteiger partial charge in [0, 0.05) is 42.5 Å². The number of hydrogen-bond donors (Lipinski definition) is 2. The van der Waals surface area contributed by atoms with E-state index in [0.717, 1.165) is 9.87 Å². The van der Waals surface area contributed by atoms with Crippen molar-refractivity contribution >= 4 is 33.3 Å². The number of fused-ring (bicyclic) bond motifs is 1. The van der Waals surface area contributed by atoms with Gasteiger partial charge in [-0.3, -0.25) is 0 Å². The largest absolute Gasteiger partial charge is 0.467 e. The fourth-order valence-electron chi connectivity index (χ4n) is 2.99. The average molecular weight is 471 g/mol. The number of sulfonamides is 1. The minimum atomic E-state index is -3.76. The molecule has 0 saturated carbocycles. The molecule has 0 radical (unpaired) electrons. The molecule has 0 unspecified atom stereocenters. The van der Waals surface area contributed by atoms with Crippen molar-refractivity contribution in [2.75, 3.05) is 39.4 Å². The number of benzene rings is 2. The van der Waals surface area contributed by atoms with Crippen LogP contribution < -0.4 is 10.1 Å². The van der Waals surface area contributed by atoms with Gasteiger partial charge in [0.15, 0.2) is 6.79 Å². The molecule has 0 spiro atoms. The quantitative estimate of drug-likeness (QED) is 0.564. The maximum absolute atomic E-state index is 12.9. The topological polar surface area (TPSA) is 114 Å². The summed E-state index contributed by atoms with van der Waals surface area (Å²) in [4.78, 5) is 12.8. The first-order valence-corrected chi connectivity index (χ1v) is 11.2. The van der Waals surface area contributed by atoms with Crippen LogP contribution in [-0.2, 0) is 32.7 Å². The Kier molecular flexibility index (Phi) is 7.39. The number of rotatable bonds is 8. The number of nitrogens with zero attached hydrogens (tertiary/aromatic N) is 1. The number of aliphatic hydroxyl groups excluding tert-OH is 1. The molecule has 0 aliphatic carbocycles.